The lowest BCUT2D eigenvalue weighted by atomic mass is 9.81. The summed E-state index contributed by atoms with van der Waals surface area (Å²) in [5.74, 6) is 0.492. The van der Waals surface area contributed by atoms with Crippen LogP contribution in [0.5, 0.6) is 0 Å². The molecule has 3 N–H and O–H groups in total. The molecule has 98 valence electrons. The minimum atomic E-state index is -0.0607. The van der Waals surface area contributed by atoms with E-state index < -0.39 is 0 Å². The Bertz CT molecular complexity index is 371. The molecular formula is C15H22N2O. The lowest BCUT2D eigenvalue weighted by molar-refractivity contribution is -0.121. The molecule has 0 spiro atoms. The minimum Gasteiger partial charge on any atom is -0.348 e. The zero-order valence-electron chi connectivity index (χ0n) is 10.8. The molecule has 0 radical (unpaired) electrons. The van der Waals surface area contributed by atoms with Crippen LogP contribution in [0, 0.1) is 5.92 Å². The smallest absolute Gasteiger partial charge is 0.234 e. The van der Waals surface area contributed by atoms with Gasteiger partial charge in [-0.05, 0) is 24.3 Å². The molecule has 1 aliphatic carbocycles. The van der Waals surface area contributed by atoms with Crippen molar-refractivity contribution in [2.75, 3.05) is 6.54 Å². The van der Waals surface area contributed by atoms with Crippen molar-refractivity contribution >= 4 is 5.91 Å². The van der Waals surface area contributed by atoms with E-state index in [4.69, 9.17) is 5.73 Å². The Morgan fingerprint density at radius 3 is 2.50 bits per heavy atom. The van der Waals surface area contributed by atoms with Gasteiger partial charge in [0.15, 0.2) is 0 Å². The van der Waals surface area contributed by atoms with Crippen LogP contribution in [0.1, 0.15) is 43.7 Å². The summed E-state index contributed by atoms with van der Waals surface area (Å²) in [5.41, 5.74) is 6.62. The average Bonchev–Trinajstić information content (AvgIpc) is 2.46. The molecule has 1 aliphatic rings. The zero-order valence-corrected chi connectivity index (χ0v) is 10.8. The van der Waals surface area contributed by atoms with Gasteiger partial charge in [0.1, 0.15) is 0 Å². The Labute approximate surface area is 109 Å². The van der Waals surface area contributed by atoms with Gasteiger partial charge in [-0.15, -0.1) is 0 Å². The molecule has 0 saturated heterocycles. The first kappa shape index (κ1) is 13.1. The highest BCUT2D eigenvalue weighted by molar-refractivity contribution is 5.78. The molecule has 2 rings (SSSR count). The fourth-order valence-corrected chi connectivity index (χ4v) is 2.83. The first-order valence-electron chi connectivity index (χ1n) is 6.85. The van der Waals surface area contributed by atoms with E-state index >= 15 is 0 Å². The quantitative estimate of drug-likeness (QED) is 0.857. The van der Waals surface area contributed by atoms with Crippen molar-refractivity contribution in [3.8, 4) is 0 Å². The summed E-state index contributed by atoms with van der Waals surface area (Å²) in [5, 5.41) is 3.09. The molecule has 0 aromatic heterocycles. The second-order valence-electron chi connectivity index (χ2n) is 5.06. The van der Waals surface area contributed by atoms with Crippen LogP contribution >= 0.6 is 0 Å². The monoisotopic (exact) mass is 246 g/mol. The number of nitrogens with one attached hydrogen (secondary N) is 1. The highest BCUT2D eigenvalue weighted by atomic mass is 16.1. The van der Waals surface area contributed by atoms with Crippen LogP contribution < -0.4 is 11.1 Å². The van der Waals surface area contributed by atoms with Crippen molar-refractivity contribution in [1.82, 2.24) is 5.32 Å². The molecule has 1 unspecified atom stereocenters. The molecule has 0 bridgehead atoms. The van der Waals surface area contributed by atoms with E-state index in [-0.39, 0.29) is 18.5 Å². The SMILES string of the molecule is NCC(=O)NC(c1ccccc1)C1CCCCC1. The van der Waals surface area contributed by atoms with Crippen LogP contribution in [0.15, 0.2) is 30.3 Å². The zero-order chi connectivity index (χ0) is 12.8. The number of hydrogen-bond donors (Lipinski definition) is 2. The Hall–Kier alpha value is -1.35. The van der Waals surface area contributed by atoms with Gasteiger partial charge in [0.2, 0.25) is 5.91 Å². The van der Waals surface area contributed by atoms with Gasteiger partial charge in [-0.2, -0.15) is 0 Å². The van der Waals surface area contributed by atoms with Crippen molar-refractivity contribution in [2.24, 2.45) is 11.7 Å². The van der Waals surface area contributed by atoms with Crippen LogP contribution in [0.3, 0.4) is 0 Å². The number of nitrogens with two attached hydrogens (primary N) is 1. The van der Waals surface area contributed by atoms with Gasteiger partial charge in [-0.25, -0.2) is 0 Å². The van der Waals surface area contributed by atoms with Crippen molar-refractivity contribution in [3.63, 3.8) is 0 Å². The van der Waals surface area contributed by atoms with Gasteiger partial charge in [-0.3, -0.25) is 4.79 Å². The maximum atomic E-state index is 11.6. The highest BCUT2D eigenvalue weighted by Crippen LogP contribution is 2.34. The summed E-state index contributed by atoms with van der Waals surface area (Å²) >= 11 is 0. The number of carbonyl (C=O) groups excluding carboxylic acids is 1. The summed E-state index contributed by atoms with van der Waals surface area (Å²) in [7, 11) is 0. The molecule has 1 saturated carbocycles. The summed E-state index contributed by atoms with van der Waals surface area (Å²) in [6.45, 7) is 0.0655. The van der Waals surface area contributed by atoms with E-state index in [2.05, 4.69) is 17.4 Å². The standard InChI is InChI=1S/C15H22N2O/c16-11-14(18)17-15(12-7-3-1-4-8-12)13-9-5-2-6-10-13/h1,3-4,7-8,13,15H,2,5-6,9-11,16H2,(H,17,18). The molecule has 18 heavy (non-hydrogen) atoms. The topological polar surface area (TPSA) is 55.1 Å². The predicted octanol–water partition coefficient (Wildman–Crippen LogP) is 2.38. The van der Waals surface area contributed by atoms with Crippen LogP contribution in [-0.2, 0) is 4.79 Å². The molecule has 1 fully saturated rings. The molecule has 3 heteroatoms. The van der Waals surface area contributed by atoms with E-state index in [9.17, 15) is 4.79 Å². The number of hydrogen-bond acceptors (Lipinski definition) is 2. The Kier molecular flexibility index (Phi) is 4.76. The Balaban J connectivity index is 2.14. The minimum absolute atomic E-state index is 0.0607. The highest BCUT2D eigenvalue weighted by Gasteiger charge is 2.25. The summed E-state index contributed by atoms with van der Waals surface area (Å²) in [4.78, 5) is 11.6. The van der Waals surface area contributed by atoms with Crippen LogP contribution in [0.25, 0.3) is 0 Å². The van der Waals surface area contributed by atoms with Crippen LogP contribution in [0.4, 0.5) is 0 Å². The molecule has 1 aromatic rings. The molecule has 1 amide bonds. The van der Waals surface area contributed by atoms with Crippen molar-refractivity contribution in [3.05, 3.63) is 35.9 Å². The van der Waals surface area contributed by atoms with Gasteiger partial charge < -0.3 is 11.1 Å². The third kappa shape index (κ3) is 3.33. The first-order chi connectivity index (χ1) is 8.81. The van der Waals surface area contributed by atoms with E-state index in [1.165, 1.54) is 37.7 Å². The predicted molar refractivity (Wildman–Crippen MR) is 73.0 cm³/mol. The lowest BCUT2D eigenvalue weighted by Gasteiger charge is -2.31. The fraction of sp³-hybridized carbons (Fsp3) is 0.533. The third-order valence-corrected chi connectivity index (χ3v) is 3.78. The van der Waals surface area contributed by atoms with Crippen LogP contribution in [0.2, 0.25) is 0 Å². The Morgan fingerprint density at radius 1 is 1.22 bits per heavy atom. The van der Waals surface area contributed by atoms with Gasteiger partial charge >= 0.3 is 0 Å². The Morgan fingerprint density at radius 2 is 1.89 bits per heavy atom. The van der Waals surface area contributed by atoms with Gasteiger partial charge in [0, 0.05) is 0 Å². The molecule has 1 aromatic carbocycles. The molecular weight excluding hydrogens is 224 g/mol. The maximum absolute atomic E-state index is 11.6. The number of benzene rings is 1. The summed E-state index contributed by atoms with van der Waals surface area (Å²) in [6.07, 6.45) is 6.26. The van der Waals surface area contributed by atoms with Crippen LogP contribution in [-0.4, -0.2) is 12.5 Å². The lowest BCUT2D eigenvalue weighted by Crippen LogP contribution is -2.37. The van der Waals surface area contributed by atoms with E-state index in [1.54, 1.807) is 0 Å². The second kappa shape index (κ2) is 6.55. The third-order valence-electron chi connectivity index (χ3n) is 3.78. The van der Waals surface area contributed by atoms with Crippen molar-refractivity contribution < 1.29 is 4.79 Å². The maximum Gasteiger partial charge on any atom is 0.234 e. The molecule has 3 nitrogen and oxygen atoms in total. The number of amides is 1. The average molecular weight is 246 g/mol. The van der Waals surface area contributed by atoms with Gasteiger partial charge in [0.25, 0.3) is 0 Å². The van der Waals surface area contributed by atoms with Crippen molar-refractivity contribution in [2.45, 2.75) is 38.1 Å². The van der Waals surface area contributed by atoms with E-state index in [0.717, 1.165) is 0 Å². The summed E-state index contributed by atoms with van der Waals surface area (Å²) in [6, 6.07) is 10.4. The van der Waals surface area contributed by atoms with Gasteiger partial charge in [-0.1, -0.05) is 49.6 Å². The number of rotatable bonds is 4. The molecule has 1 atom stereocenters. The van der Waals surface area contributed by atoms with E-state index in [0.29, 0.717) is 5.92 Å². The first-order valence-corrected chi connectivity index (χ1v) is 6.85. The largest absolute Gasteiger partial charge is 0.348 e. The van der Waals surface area contributed by atoms with Crippen molar-refractivity contribution in [1.29, 1.82) is 0 Å². The molecule has 0 heterocycles. The fourth-order valence-electron chi connectivity index (χ4n) is 2.83. The van der Waals surface area contributed by atoms with E-state index in [1.807, 2.05) is 18.2 Å². The molecule has 0 aliphatic heterocycles. The summed E-state index contributed by atoms with van der Waals surface area (Å²) < 4.78 is 0. The second-order valence-corrected chi connectivity index (χ2v) is 5.06. The normalized spacial score (nSPS) is 18.3. The number of carbonyl (C=O) groups is 1. The van der Waals surface area contributed by atoms with Gasteiger partial charge in [0.05, 0.1) is 12.6 Å².